The van der Waals surface area contributed by atoms with E-state index in [1.807, 2.05) is 42.1 Å². The smallest absolute Gasteiger partial charge is 0.286 e. The van der Waals surface area contributed by atoms with Crippen LogP contribution in [0.3, 0.4) is 0 Å². The molecule has 3 aromatic rings. The predicted molar refractivity (Wildman–Crippen MR) is 98.1 cm³/mol. The highest BCUT2D eigenvalue weighted by molar-refractivity contribution is 7.99. The molecule has 0 radical (unpaired) electrons. The standard InChI is InChI=1S/C18H18N4O3S/c1-22-11-10-20-18(22)26-14-6-4-13(5-7-14)21-16(23)8-9-19-17(24)15-3-2-12-25-15/h2-7,10-12H,8-9H2,1H3,(H,19,24)(H,21,23). The zero-order chi connectivity index (χ0) is 18.4. The van der Waals surface area contributed by atoms with E-state index < -0.39 is 0 Å². The molecule has 0 atom stereocenters. The van der Waals surface area contributed by atoms with Crippen molar-refractivity contribution in [2.45, 2.75) is 16.5 Å². The summed E-state index contributed by atoms with van der Waals surface area (Å²) in [7, 11) is 1.94. The average molecular weight is 370 g/mol. The van der Waals surface area contributed by atoms with Crippen LogP contribution < -0.4 is 10.6 Å². The van der Waals surface area contributed by atoms with Gasteiger partial charge in [-0.05, 0) is 36.4 Å². The molecule has 2 N–H and O–H groups in total. The van der Waals surface area contributed by atoms with Gasteiger partial charge in [0.1, 0.15) is 0 Å². The van der Waals surface area contributed by atoms with E-state index in [1.54, 1.807) is 30.1 Å². The first-order chi connectivity index (χ1) is 12.6. The van der Waals surface area contributed by atoms with Crippen molar-refractivity contribution in [2.24, 2.45) is 7.05 Å². The zero-order valence-electron chi connectivity index (χ0n) is 14.1. The van der Waals surface area contributed by atoms with Crippen LogP contribution in [0, 0.1) is 0 Å². The lowest BCUT2D eigenvalue weighted by Gasteiger charge is -2.07. The van der Waals surface area contributed by atoms with Crippen LogP contribution in [0.25, 0.3) is 0 Å². The molecule has 0 aliphatic rings. The fourth-order valence-electron chi connectivity index (χ4n) is 2.17. The lowest BCUT2D eigenvalue weighted by atomic mass is 10.3. The van der Waals surface area contributed by atoms with Crippen LogP contribution in [-0.4, -0.2) is 27.9 Å². The highest BCUT2D eigenvalue weighted by atomic mass is 32.2. The summed E-state index contributed by atoms with van der Waals surface area (Å²) in [5.74, 6) is -0.279. The van der Waals surface area contributed by atoms with E-state index in [2.05, 4.69) is 15.6 Å². The second kappa shape index (κ2) is 8.39. The summed E-state index contributed by atoms with van der Waals surface area (Å²) in [6.45, 7) is 0.235. The Hall–Kier alpha value is -3.00. The second-order valence-electron chi connectivity index (χ2n) is 5.48. The van der Waals surface area contributed by atoms with Gasteiger partial charge in [-0.3, -0.25) is 9.59 Å². The molecular weight excluding hydrogens is 352 g/mol. The number of nitrogens with one attached hydrogen (secondary N) is 2. The summed E-state index contributed by atoms with van der Waals surface area (Å²) in [4.78, 5) is 28.9. The van der Waals surface area contributed by atoms with Gasteiger partial charge in [0.2, 0.25) is 5.91 Å². The first-order valence-corrected chi connectivity index (χ1v) is 8.80. The van der Waals surface area contributed by atoms with Gasteiger partial charge in [-0.15, -0.1) is 0 Å². The van der Waals surface area contributed by atoms with E-state index in [0.717, 1.165) is 10.1 Å². The van der Waals surface area contributed by atoms with Gasteiger partial charge in [0.25, 0.3) is 5.91 Å². The molecule has 2 aromatic heterocycles. The van der Waals surface area contributed by atoms with E-state index >= 15 is 0 Å². The van der Waals surface area contributed by atoms with Gasteiger partial charge < -0.3 is 19.6 Å². The summed E-state index contributed by atoms with van der Waals surface area (Å²) in [6, 6.07) is 10.7. The molecule has 0 bridgehead atoms. The molecule has 0 aliphatic carbocycles. The normalized spacial score (nSPS) is 10.5. The summed E-state index contributed by atoms with van der Waals surface area (Å²) >= 11 is 1.55. The van der Waals surface area contributed by atoms with E-state index in [1.165, 1.54) is 6.26 Å². The number of amides is 2. The Labute approximate surface area is 154 Å². The highest BCUT2D eigenvalue weighted by Crippen LogP contribution is 2.26. The number of furan rings is 1. The summed E-state index contributed by atoms with van der Waals surface area (Å²) in [5, 5.41) is 6.34. The number of benzene rings is 1. The molecule has 2 amide bonds. The number of anilines is 1. The van der Waals surface area contributed by atoms with Crippen LogP contribution in [0.2, 0.25) is 0 Å². The molecule has 0 saturated carbocycles. The van der Waals surface area contributed by atoms with Crippen LogP contribution in [0.15, 0.2) is 69.5 Å². The Bertz CT molecular complexity index is 872. The Balaban J connectivity index is 1.44. The van der Waals surface area contributed by atoms with Gasteiger partial charge in [-0.1, -0.05) is 11.8 Å². The van der Waals surface area contributed by atoms with Crippen molar-refractivity contribution in [1.82, 2.24) is 14.9 Å². The van der Waals surface area contributed by atoms with Crippen LogP contribution in [0.4, 0.5) is 5.69 Å². The van der Waals surface area contributed by atoms with Crippen LogP contribution in [0.1, 0.15) is 17.0 Å². The molecule has 8 heteroatoms. The van der Waals surface area contributed by atoms with Crippen LogP contribution in [-0.2, 0) is 11.8 Å². The molecule has 0 spiro atoms. The lowest BCUT2D eigenvalue weighted by Crippen LogP contribution is -2.27. The minimum absolute atomic E-state index is 0.172. The molecule has 1 aromatic carbocycles. The zero-order valence-corrected chi connectivity index (χ0v) is 15.0. The van der Waals surface area contributed by atoms with Gasteiger partial charge in [-0.2, -0.15) is 0 Å². The van der Waals surface area contributed by atoms with Crippen molar-refractivity contribution in [3.63, 3.8) is 0 Å². The van der Waals surface area contributed by atoms with Crippen LogP contribution in [0.5, 0.6) is 0 Å². The van der Waals surface area contributed by atoms with E-state index in [9.17, 15) is 9.59 Å². The monoisotopic (exact) mass is 370 g/mol. The Morgan fingerprint density at radius 2 is 2.04 bits per heavy atom. The fourth-order valence-corrected chi connectivity index (χ4v) is 2.97. The molecule has 2 heterocycles. The van der Waals surface area contributed by atoms with Crippen molar-refractivity contribution in [2.75, 3.05) is 11.9 Å². The van der Waals surface area contributed by atoms with E-state index in [0.29, 0.717) is 5.69 Å². The highest BCUT2D eigenvalue weighted by Gasteiger charge is 2.09. The lowest BCUT2D eigenvalue weighted by molar-refractivity contribution is -0.116. The van der Waals surface area contributed by atoms with Gasteiger partial charge in [0, 0.05) is 43.0 Å². The molecular formula is C18H18N4O3S. The third-order valence-electron chi connectivity index (χ3n) is 3.51. The fraction of sp³-hybridized carbons (Fsp3) is 0.167. The SMILES string of the molecule is Cn1ccnc1Sc1ccc(NC(=O)CCNC(=O)c2ccco2)cc1. The average Bonchev–Trinajstić information content (AvgIpc) is 3.29. The third kappa shape index (κ3) is 4.76. The van der Waals surface area contributed by atoms with Crippen molar-refractivity contribution in [3.05, 3.63) is 60.8 Å². The maximum Gasteiger partial charge on any atom is 0.286 e. The van der Waals surface area contributed by atoms with Gasteiger partial charge in [0.15, 0.2) is 10.9 Å². The number of carbonyl (C=O) groups is 2. The predicted octanol–water partition coefficient (Wildman–Crippen LogP) is 2.92. The minimum atomic E-state index is -0.335. The number of aryl methyl sites for hydroxylation is 1. The topological polar surface area (TPSA) is 89.2 Å². The van der Waals surface area contributed by atoms with Crippen LogP contribution >= 0.6 is 11.8 Å². The summed E-state index contributed by atoms with van der Waals surface area (Å²) < 4.78 is 6.93. The Morgan fingerprint density at radius 1 is 1.23 bits per heavy atom. The van der Waals surface area contributed by atoms with Crippen molar-refractivity contribution in [3.8, 4) is 0 Å². The van der Waals surface area contributed by atoms with Crippen molar-refractivity contribution < 1.29 is 14.0 Å². The second-order valence-corrected chi connectivity index (χ2v) is 6.52. The van der Waals surface area contributed by atoms with Crippen molar-refractivity contribution in [1.29, 1.82) is 0 Å². The molecule has 3 rings (SSSR count). The maximum absolute atomic E-state index is 12.0. The Kier molecular flexibility index (Phi) is 5.75. The number of rotatable bonds is 7. The number of hydrogen-bond donors (Lipinski definition) is 2. The summed E-state index contributed by atoms with van der Waals surface area (Å²) in [5.41, 5.74) is 0.705. The number of aromatic nitrogens is 2. The van der Waals surface area contributed by atoms with Gasteiger partial charge >= 0.3 is 0 Å². The van der Waals surface area contributed by atoms with E-state index in [-0.39, 0.29) is 30.5 Å². The number of nitrogens with zero attached hydrogens (tertiary/aromatic N) is 2. The summed E-state index contributed by atoms with van der Waals surface area (Å²) in [6.07, 6.45) is 5.25. The Morgan fingerprint density at radius 3 is 2.69 bits per heavy atom. The third-order valence-corrected chi connectivity index (χ3v) is 4.59. The molecule has 0 aliphatic heterocycles. The number of imidazole rings is 1. The molecule has 134 valence electrons. The first kappa shape index (κ1) is 17.8. The van der Waals surface area contributed by atoms with Gasteiger partial charge in [0.05, 0.1) is 6.26 Å². The molecule has 0 fully saturated rings. The number of carbonyl (C=O) groups excluding carboxylic acids is 2. The van der Waals surface area contributed by atoms with E-state index in [4.69, 9.17) is 4.42 Å². The molecule has 0 saturated heterocycles. The molecule has 7 nitrogen and oxygen atoms in total. The molecule has 0 unspecified atom stereocenters. The van der Waals surface area contributed by atoms with Crippen molar-refractivity contribution >= 4 is 29.3 Å². The van der Waals surface area contributed by atoms with Gasteiger partial charge in [-0.25, -0.2) is 4.98 Å². The quantitative estimate of drug-likeness (QED) is 0.667. The first-order valence-electron chi connectivity index (χ1n) is 7.98. The molecule has 26 heavy (non-hydrogen) atoms. The minimum Gasteiger partial charge on any atom is -0.459 e. The number of hydrogen-bond acceptors (Lipinski definition) is 5. The maximum atomic E-state index is 12.0. The largest absolute Gasteiger partial charge is 0.459 e.